The van der Waals surface area contributed by atoms with Crippen LogP contribution in [0.3, 0.4) is 0 Å². The second kappa shape index (κ2) is 6.03. The number of H-pyrrole nitrogens is 1. The fourth-order valence-corrected chi connectivity index (χ4v) is 3.83. The van der Waals surface area contributed by atoms with E-state index in [4.69, 9.17) is 0 Å². The number of nitrogens with one attached hydrogen (secondary N) is 1. The van der Waals surface area contributed by atoms with E-state index >= 15 is 0 Å². The molecule has 1 aromatic heterocycles. The van der Waals surface area contributed by atoms with Gasteiger partial charge in [0.2, 0.25) is 0 Å². The number of amides is 3. The van der Waals surface area contributed by atoms with Crippen molar-refractivity contribution in [3.63, 3.8) is 0 Å². The molecule has 2 atom stereocenters. The van der Waals surface area contributed by atoms with E-state index < -0.39 is 17.9 Å². The van der Waals surface area contributed by atoms with Gasteiger partial charge >= 0.3 is 0 Å². The molecule has 140 valence electrons. The molecular weight excluding hydrogens is 358 g/mol. The Morgan fingerprint density at radius 2 is 1.71 bits per heavy atom. The summed E-state index contributed by atoms with van der Waals surface area (Å²) in [6, 6.07) is 14.5. The zero-order chi connectivity index (χ0) is 19.4. The lowest BCUT2D eigenvalue weighted by Gasteiger charge is -2.25. The first-order valence-electron chi connectivity index (χ1n) is 9.06. The van der Waals surface area contributed by atoms with Gasteiger partial charge in [0.05, 0.1) is 23.8 Å². The highest BCUT2D eigenvalue weighted by molar-refractivity contribution is 6.23. The van der Waals surface area contributed by atoms with Gasteiger partial charge in [-0.3, -0.25) is 19.3 Å². The maximum Gasteiger partial charge on any atom is 0.262 e. The molecular formula is C21H17N3O4. The van der Waals surface area contributed by atoms with Crippen molar-refractivity contribution in [1.82, 2.24) is 14.8 Å². The number of para-hydroxylation sites is 1. The van der Waals surface area contributed by atoms with Crippen molar-refractivity contribution >= 4 is 28.6 Å². The number of fused-ring (bicyclic) bond motifs is 2. The molecule has 1 fully saturated rings. The number of hydrogen-bond acceptors (Lipinski definition) is 4. The van der Waals surface area contributed by atoms with E-state index in [9.17, 15) is 19.5 Å². The first-order valence-corrected chi connectivity index (χ1v) is 9.06. The number of aromatic amines is 1. The Balaban J connectivity index is 1.62. The first-order chi connectivity index (χ1) is 13.6. The fourth-order valence-electron chi connectivity index (χ4n) is 3.83. The summed E-state index contributed by atoms with van der Waals surface area (Å²) in [6.45, 7) is 0.266. The number of rotatable bonds is 4. The van der Waals surface area contributed by atoms with Gasteiger partial charge in [0.1, 0.15) is 0 Å². The van der Waals surface area contributed by atoms with Crippen LogP contribution in [0.2, 0.25) is 0 Å². The summed E-state index contributed by atoms with van der Waals surface area (Å²) in [5, 5.41) is 10.2. The second-order valence-electron chi connectivity index (χ2n) is 7.07. The van der Waals surface area contributed by atoms with Crippen LogP contribution >= 0.6 is 0 Å². The van der Waals surface area contributed by atoms with Gasteiger partial charge in [-0.1, -0.05) is 30.3 Å². The lowest BCUT2D eigenvalue weighted by Crippen LogP contribution is -2.41. The lowest BCUT2D eigenvalue weighted by atomic mass is 10.1. The highest BCUT2D eigenvalue weighted by Crippen LogP contribution is 2.36. The SMILES string of the molecule is O=C(C(c1cc2ccccc2[nH]1)N1C(=O)c2ccccc2C1=O)N1CC1CO. The molecule has 0 bridgehead atoms. The summed E-state index contributed by atoms with van der Waals surface area (Å²) in [4.78, 5) is 44.9. The number of carbonyl (C=O) groups excluding carboxylic acids is 3. The molecule has 3 aromatic rings. The average molecular weight is 375 g/mol. The summed E-state index contributed by atoms with van der Waals surface area (Å²) in [5.74, 6) is -1.35. The van der Waals surface area contributed by atoms with Crippen LogP contribution in [0.25, 0.3) is 10.9 Å². The van der Waals surface area contributed by atoms with Crippen molar-refractivity contribution in [1.29, 1.82) is 0 Å². The van der Waals surface area contributed by atoms with E-state index in [1.807, 2.05) is 24.3 Å². The van der Waals surface area contributed by atoms with Gasteiger partial charge < -0.3 is 15.0 Å². The van der Waals surface area contributed by atoms with Crippen molar-refractivity contribution in [2.45, 2.75) is 12.1 Å². The molecule has 0 aliphatic carbocycles. The number of aliphatic hydroxyl groups excluding tert-OH is 1. The van der Waals surface area contributed by atoms with Gasteiger partial charge in [-0.15, -0.1) is 0 Å². The standard InChI is InChI=1S/C21H17N3O4/c25-11-13-10-23(13)21(28)18(17-9-12-5-1-4-8-16(12)22-17)24-19(26)14-6-2-3-7-15(14)20(24)27/h1-9,13,18,22,25H,10-11H2. The molecule has 2 aliphatic heterocycles. The van der Waals surface area contributed by atoms with Crippen LogP contribution in [0.5, 0.6) is 0 Å². The molecule has 2 aromatic carbocycles. The molecule has 7 nitrogen and oxygen atoms in total. The Hall–Kier alpha value is -3.45. The smallest absolute Gasteiger partial charge is 0.262 e. The van der Waals surface area contributed by atoms with Gasteiger partial charge in [0, 0.05) is 17.8 Å². The van der Waals surface area contributed by atoms with Crippen LogP contribution in [0.4, 0.5) is 0 Å². The van der Waals surface area contributed by atoms with Crippen LogP contribution < -0.4 is 0 Å². The van der Waals surface area contributed by atoms with Crippen LogP contribution in [0.1, 0.15) is 32.5 Å². The Bertz CT molecular complexity index is 1070. The number of benzene rings is 2. The minimum absolute atomic E-state index is 0.146. The molecule has 0 saturated carbocycles. The summed E-state index contributed by atoms with van der Waals surface area (Å²) in [7, 11) is 0. The molecule has 2 aliphatic rings. The van der Waals surface area contributed by atoms with Crippen molar-refractivity contribution in [2.24, 2.45) is 0 Å². The van der Waals surface area contributed by atoms with Crippen LogP contribution in [-0.2, 0) is 4.79 Å². The molecule has 2 unspecified atom stereocenters. The highest BCUT2D eigenvalue weighted by Gasteiger charge is 2.49. The molecule has 2 N–H and O–H groups in total. The first kappa shape index (κ1) is 16.7. The number of aromatic nitrogens is 1. The van der Waals surface area contributed by atoms with Crippen molar-refractivity contribution in [3.05, 3.63) is 71.4 Å². The summed E-state index contributed by atoms with van der Waals surface area (Å²) < 4.78 is 0. The predicted octanol–water partition coefficient (Wildman–Crippen LogP) is 1.71. The lowest BCUT2D eigenvalue weighted by molar-refractivity contribution is -0.130. The largest absolute Gasteiger partial charge is 0.394 e. The van der Waals surface area contributed by atoms with Crippen molar-refractivity contribution in [3.8, 4) is 0 Å². The third-order valence-corrected chi connectivity index (χ3v) is 5.37. The van der Waals surface area contributed by atoms with Crippen LogP contribution in [0, 0.1) is 0 Å². The second-order valence-corrected chi connectivity index (χ2v) is 7.07. The van der Waals surface area contributed by atoms with Crippen molar-refractivity contribution < 1.29 is 19.5 Å². The quantitative estimate of drug-likeness (QED) is 0.536. The third kappa shape index (κ3) is 2.36. The van der Waals surface area contributed by atoms with Crippen molar-refractivity contribution in [2.75, 3.05) is 13.2 Å². The van der Waals surface area contributed by atoms with Crippen LogP contribution in [-0.4, -0.2) is 56.8 Å². The topological polar surface area (TPSA) is 93.5 Å². The van der Waals surface area contributed by atoms with E-state index in [0.717, 1.165) is 15.8 Å². The molecule has 1 saturated heterocycles. The molecule has 3 heterocycles. The monoisotopic (exact) mass is 375 g/mol. The number of nitrogens with zero attached hydrogens (tertiary/aromatic N) is 2. The molecule has 0 radical (unpaired) electrons. The zero-order valence-corrected chi connectivity index (χ0v) is 14.8. The van der Waals surface area contributed by atoms with E-state index in [1.165, 1.54) is 4.90 Å². The molecule has 0 spiro atoms. The average Bonchev–Trinajstić information content (AvgIpc) is 3.33. The molecule has 28 heavy (non-hydrogen) atoms. The van der Waals surface area contributed by atoms with Gasteiger partial charge in [-0.25, -0.2) is 0 Å². The summed E-state index contributed by atoms with van der Waals surface area (Å²) >= 11 is 0. The minimum Gasteiger partial charge on any atom is -0.394 e. The summed E-state index contributed by atoms with van der Waals surface area (Å²) in [5.41, 5.74) is 1.89. The highest BCUT2D eigenvalue weighted by atomic mass is 16.3. The molecule has 5 rings (SSSR count). The predicted molar refractivity (Wildman–Crippen MR) is 101 cm³/mol. The number of hydrogen-bond donors (Lipinski definition) is 2. The van der Waals surface area contributed by atoms with Crippen LogP contribution in [0.15, 0.2) is 54.6 Å². The van der Waals surface area contributed by atoms with Gasteiger partial charge in [-0.2, -0.15) is 0 Å². The van der Waals surface area contributed by atoms with E-state index in [2.05, 4.69) is 4.98 Å². The van der Waals surface area contributed by atoms with Gasteiger partial charge in [0.25, 0.3) is 17.7 Å². The Labute approximate surface area is 160 Å². The van der Waals surface area contributed by atoms with E-state index in [1.54, 1.807) is 30.3 Å². The van der Waals surface area contributed by atoms with Gasteiger partial charge in [-0.05, 0) is 29.7 Å². The normalized spacial score (nSPS) is 19.2. The number of imide groups is 1. The Morgan fingerprint density at radius 1 is 1.07 bits per heavy atom. The molecule has 7 heteroatoms. The zero-order valence-electron chi connectivity index (χ0n) is 14.8. The fraction of sp³-hybridized carbons (Fsp3) is 0.190. The minimum atomic E-state index is -1.10. The Kier molecular flexibility index (Phi) is 3.60. The van der Waals surface area contributed by atoms with E-state index in [0.29, 0.717) is 23.4 Å². The number of aliphatic hydroxyl groups is 1. The van der Waals surface area contributed by atoms with Gasteiger partial charge in [0.15, 0.2) is 6.04 Å². The maximum absolute atomic E-state index is 13.2. The number of carbonyl (C=O) groups is 3. The summed E-state index contributed by atoms with van der Waals surface area (Å²) in [6.07, 6.45) is 0. The maximum atomic E-state index is 13.2. The molecule has 3 amide bonds. The van der Waals surface area contributed by atoms with E-state index in [-0.39, 0.29) is 18.6 Å². The third-order valence-electron chi connectivity index (χ3n) is 5.37. The Morgan fingerprint density at radius 3 is 2.32 bits per heavy atom.